The molecule has 3 heterocycles. The van der Waals surface area contributed by atoms with E-state index in [1.54, 1.807) is 0 Å². The maximum absolute atomic E-state index is 5.36. The molecule has 0 fully saturated rings. The number of hydrogen-bond donors (Lipinski definition) is 0. The molecule has 13 rings (SSSR count). The van der Waals surface area contributed by atoms with Crippen LogP contribution < -0.4 is 0 Å². The molecule has 64 heavy (non-hydrogen) atoms. The van der Waals surface area contributed by atoms with Gasteiger partial charge in [0.15, 0.2) is 17.5 Å². The lowest BCUT2D eigenvalue weighted by Crippen LogP contribution is -2.31. The number of pyridine rings is 1. The van der Waals surface area contributed by atoms with Crippen LogP contribution in [0.15, 0.2) is 228 Å². The van der Waals surface area contributed by atoms with Crippen molar-refractivity contribution in [1.82, 2.24) is 19.9 Å². The van der Waals surface area contributed by atoms with Crippen LogP contribution in [0, 0.1) is 0 Å². The van der Waals surface area contributed by atoms with Gasteiger partial charge in [0.2, 0.25) is 0 Å². The standard InChI is InChI=1S/C59H36N4S/c1-4-16-38(17-5-1)55-47-35-46-45-34-42(37-28-30-41(31-29-37)58-62-56(39-18-6-2-7-19-39)61-57(63-58)40-20-8-3-9-21-40)32-33-48(45)59(51(46)36-44(47)43-22-10-13-25-52(43)60-55)49-23-11-14-26-53(49)64-54-27-15-12-24-50(54)59/h1-36H. The van der Waals surface area contributed by atoms with Crippen LogP contribution in [0.25, 0.3) is 89.4 Å². The molecule has 0 radical (unpaired) electrons. The summed E-state index contributed by atoms with van der Waals surface area (Å²) in [6.45, 7) is 0. The molecule has 0 saturated carbocycles. The van der Waals surface area contributed by atoms with E-state index in [1.165, 1.54) is 48.6 Å². The van der Waals surface area contributed by atoms with Gasteiger partial charge in [-0.1, -0.05) is 194 Å². The first-order valence-electron chi connectivity index (χ1n) is 21.6. The molecule has 1 aliphatic carbocycles. The van der Waals surface area contributed by atoms with E-state index in [4.69, 9.17) is 19.9 Å². The highest BCUT2D eigenvalue weighted by molar-refractivity contribution is 7.99. The van der Waals surface area contributed by atoms with Gasteiger partial charge in [-0.15, -0.1) is 0 Å². The lowest BCUT2D eigenvalue weighted by atomic mass is 9.67. The van der Waals surface area contributed by atoms with Crippen LogP contribution in [0.5, 0.6) is 0 Å². The van der Waals surface area contributed by atoms with Crippen molar-refractivity contribution < 1.29 is 0 Å². The second-order valence-electron chi connectivity index (χ2n) is 16.5. The van der Waals surface area contributed by atoms with Gasteiger partial charge >= 0.3 is 0 Å². The predicted molar refractivity (Wildman–Crippen MR) is 261 cm³/mol. The summed E-state index contributed by atoms with van der Waals surface area (Å²) in [7, 11) is 0. The van der Waals surface area contributed by atoms with Gasteiger partial charge in [-0.05, 0) is 86.3 Å². The zero-order valence-electron chi connectivity index (χ0n) is 34.5. The lowest BCUT2D eigenvalue weighted by molar-refractivity contribution is 0.723. The van der Waals surface area contributed by atoms with E-state index in [1.807, 2.05) is 72.4 Å². The van der Waals surface area contributed by atoms with Crippen molar-refractivity contribution in [1.29, 1.82) is 0 Å². The topological polar surface area (TPSA) is 51.6 Å². The summed E-state index contributed by atoms with van der Waals surface area (Å²) in [6.07, 6.45) is 0. The van der Waals surface area contributed by atoms with Crippen LogP contribution in [-0.2, 0) is 5.41 Å². The first kappa shape index (κ1) is 36.6. The highest BCUT2D eigenvalue weighted by Crippen LogP contribution is 2.63. The second kappa shape index (κ2) is 14.6. The molecule has 0 unspecified atom stereocenters. The molecule has 0 amide bonds. The van der Waals surface area contributed by atoms with Gasteiger partial charge in [-0.2, -0.15) is 0 Å². The van der Waals surface area contributed by atoms with Crippen LogP contribution in [0.2, 0.25) is 0 Å². The zero-order valence-corrected chi connectivity index (χ0v) is 35.3. The Morgan fingerprint density at radius 3 is 1.41 bits per heavy atom. The molecular formula is C59H36N4S. The Balaban J connectivity index is 1.02. The smallest absolute Gasteiger partial charge is 0.164 e. The molecule has 0 saturated heterocycles. The Kier molecular flexibility index (Phi) is 8.33. The van der Waals surface area contributed by atoms with Crippen molar-refractivity contribution in [3.63, 3.8) is 0 Å². The quantitative estimate of drug-likeness (QED) is 0.162. The van der Waals surface area contributed by atoms with Crippen molar-refractivity contribution in [2.75, 3.05) is 0 Å². The van der Waals surface area contributed by atoms with Gasteiger partial charge in [0, 0.05) is 42.8 Å². The second-order valence-corrected chi connectivity index (χ2v) is 17.6. The fourth-order valence-corrected chi connectivity index (χ4v) is 11.3. The van der Waals surface area contributed by atoms with Gasteiger partial charge in [0.1, 0.15) is 0 Å². The molecule has 11 aromatic rings. The number of hydrogen-bond acceptors (Lipinski definition) is 5. The van der Waals surface area contributed by atoms with E-state index < -0.39 is 5.41 Å². The summed E-state index contributed by atoms with van der Waals surface area (Å²) in [5.74, 6) is 1.93. The number of aromatic nitrogens is 4. The van der Waals surface area contributed by atoms with Crippen LogP contribution in [0.4, 0.5) is 0 Å². The van der Waals surface area contributed by atoms with Gasteiger partial charge in [-0.3, -0.25) is 0 Å². The third-order valence-corrected chi connectivity index (χ3v) is 14.1. The monoisotopic (exact) mass is 832 g/mol. The minimum atomic E-state index is -0.525. The Morgan fingerprint density at radius 1 is 0.297 bits per heavy atom. The molecule has 5 heteroatoms. The van der Waals surface area contributed by atoms with Gasteiger partial charge < -0.3 is 0 Å². The van der Waals surface area contributed by atoms with Gasteiger partial charge in [-0.25, -0.2) is 19.9 Å². The SMILES string of the molecule is c1ccc(-c2nc(-c3ccccc3)nc(-c3ccc(-c4ccc5c(c4)-c4cc6c(-c7ccccc7)nc7ccccc7c6cc4C54c5ccccc5Sc5ccccc54)cc3)n2)cc1. The maximum atomic E-state index is 5.36. The summed E-state index contributed by atoms with van der Waals surface area (Å²) in [5, 5.41) is 3.52. The van der Waals surface area contributed by atoms with Gasteiger partial charge in [0.05, 0.1) is 16.6 Å². The summed E-state index contributed by atoms with van der Waals surface area (Å²) in [5.41, 5.74) is 15.4. The van der Waals surface area contributed by atoms with Crippen LogP contribution in [-0.4, -0.2) is 19.9 Å². The van der Waals surface area contributed by atoms with Crippen LogP contribution >= 0.6 is 11.8 Å². The van der Waals surface area contributed by atoms with E-state index >= 15 is 0 Å². The number of para-hydroxylation sites is 1. The first-order chi connectivity index (χ1) is 31.7. The average Bonchev–Trinajstić information content (AvgIpc) is 3.65. The molecule has 0 bridgehead atoms. The van der Waals surface area contributed by atoms with E-state index in [9.17, 15) is 0 Å². The molecule has 0 N–H and O–H groups in total. The fraction of sp³-hybridized carbons (Fsp3) is 0.0169. The van der Waals surface area contributed by atoms with E-state index in [2.05, 4.69) is 158 Å². The number of nitrogens with zero attached hydrogens (tertiary/aromatic N) is 4. The zero-order chi connectivity index (χ0) is 42.2. The summed E-state index contributed by atoms with van der Waals surface area (Å²) in [4.78, 5) is 22.8. The minimum absolute atomic E-state index is 0.525. The van der Waals surface area contributed by atoms with Crippen molar-refractivity contribution >= 4 is 33.4 Å². The van der Waals surface area contributed by atoms with Gasteiger partial charge in [0.25, 0.3) is 0 Å². The molecule has 298 valence electrons. The maximum Gasteiger partial charge on any atom is 0.164 e. The van der Waals surface area contributed by atoms with E-state index in [-0.39, 0.29) is 0 Å². The third-order valence-electron chi connectivity index (χ3n) is 13.0. The molecule has 0 atom stereocenters. The van der Waals surface area contributed by atoms with Crippen molar-refractivity contribution in [2.24, 2.45) is 0 Å². The highest BCUT2D eigenvalue weighted by Gasteiger charge is 2.50. The summed E-state index contributed by atoms with van der Waals surface area (Å²) >= 11 is 1.87. The Hall–Kier alpha value is -7.99. The molecule has 9 aromatic carbocycles. The van der Waals surface area contributed by atoms with Crippen LogP contribution in [0.3, 0.4) is 0 Å². The Bertz CT molecular complexity index is 3520. The van der Waals surface area contributed by atoms with Crippen molar-refractivity contribution in [2.45, 2.75) is 15.2 Å². The molecule has 1 aliphatic heterocycles. The van der Waals surface area contributed by atoms with Crippen molar-refractivity contribution in [3.05, 3.63) is 241 Å². The molecule has 2 aromatic heterocycles. The fourth-order valence-electron chi connectivity index (χ4n) is 10.1. The number of fused-ring (bicyclic) bond motifs is 12. The largest absolute Gasteiger partial charge is 0.247 e. The summed E-state index contributed by atoms with van der Waals surface area (Å²) < 4.78 is 0. The van der Waals surface area contributed by atoms with Crippen LogP contribution in [0.1, 0.15) is 22.3 Å². The Morgan fingerprint density at radius 2 is 0.781 bits per heavy atom. The number of benzene rings is 9. The molecule has 2 aliphatic rings. The highest BCUT2D eigenvalue weighted by atomic mass is 32.2. The normalized spacial score (nSPS) is 13.1. The van der Waals surface area contributed by atoms with E-state index in [0.717, 1.165) is 55.4 Å². The Labute approximate surface area is 375 Å². The average molecular weight is 833 g/mol. The first-order valence-corrected chi connectivity index (χ1v) is 22.4. The third kappa shape index (κ3) is 5.64. The van der Waals surface area contributed by atoms with E-state index in [0.29, 0.717) is 17.5 Å². The summed E-state index contributed by atoms with van der Waals surface area (Å²) in [6, 6.07) is 78.2. The molecule has 1 spiro atoms. The lowest BCUT2D eigenvalue weighted by Gasteiger charge is -2.39. The number of rotatable bonds is 5. The minimum Gasteiger partial charge on any atom is -0.247 e. The molecule has 4 nitrogen and oxygen atoms in total. The van der Waals surface area contributed by atoms with Crippen molar-refractivity contribution in [3.8, 4) is 67.7 Å². The predicted octanol–water partition coefficient (Wildman–Crippen LogP) is 14.7. The molecular weight excluding hydrogens is 797 g/mol.